The molecule has 2 amide bonds. The van der Waals surface area contributed by atoms with E-state index in [0.29, 0.717) is 24.9 Å². The first-order valence-electron chi connectivity index (χ1n) is 7.01. The van der Waals surface area contributed by atoms with Crippen molar-refractivity contribution in [2.45, 2.75) is 12.8 Å². The van der Waals surface area contributed by atoms with Crippen LogP contribution in [0.25, 0.3) is 0 Å². The molecule has 1 fully saturated rings. The predicted molar refractivity (Wildman–Crippen MR) is 83.4 cm³/mol. The molecule has 6 nitrogen and oxygen atoms in total. The number of halogens is 1. The van der Waals surface area contributed by atoms with Gasteiger partial charge in [-0.3, -0.25) is 14.4 Å². The number of rotatable bonds is 4. The first-order valence-corrected chi connectivity index (χ1v) is 7.81. The highest BCUT2D eigenvalue weighted by Gasteiger charge is 2.28. The Bertz CT molecular complexity index is 573. The van der Waals surface area contributed by atoms with Gasteiger partial charge in [-0.05, 0) is 37.1 Å². The molecule has 1 aromatic rings. The molecule has 118 valence electrons. The van der Waals surface area contributed by atoms with E-state index in [1.807, 2.05) is 0 Å². The van der Waals surface area contributed by atoms with Gasteiger partial charge in [-0.1, -0.05) is 15.9 Å². The smallest absolute Gasteiger partial charge is 0.308 e. The van der Waals surface area contributed by atoms with E-state index in [2.05, 4.69) is 21.2 Å². The zero-order valence-corrected chi connectivity index (χ0v) is 13.5. The minimum absolute atomic E-state index is 0.124. The van der Waals surface area contributed by atoms with Crippen LogP contribution in [0.2, 0.25) is 0 Å². The van der Waals surface area contributed by atoms with Crippen LogP contribution >= 0.6 is 15.9 Å². The zero-order chi connectivity index (χ0) is 16.1. The largest absolute Gasteiger partial charge is 0.481 e. The molecular formula is C15H17BrN2O4. The second-order valence-corrected chi connectivity index (χ2v) is 6.12. The number of carboxylic acid groups (broad SMARTS) is 1. The Balaban J connectivity index is 1.85. The summed E-state index contributed by atoms with van der Waals surface area (Å²) in [6.07, 6.45) is 1.26. The molecular weight excluding hydrogens is 352 g/mol. The number of nitrogens with zero attached hydrogens (tertiary/aromatic N) is 1. The number of benzene rings is 1. The minimum Gasteiger partial charge on any atom is -0.481 e. The lowest BCUT2D eigenvalue weighted by Gasteiger charge is -2.30. The molecule has 0 radical (unpaired) electrons. The molecule has 1 aliphatic heterocycles. The molecule has 0 bridgehead atoms. The predicted octanol–water partition coefficient (Wildman–Crippen LogP) is 1.50. The van der Waals surface area contributed by atoms with Crippen LogP contribution in [-0.2, 0) is 9.59 Å². The highest BCUT2D eigenvalue weighted by atomic mass is 79.9. The molecule has 2 rings (SSSR count). The molecule has 22 heavy (non-hydrogen) atoms. The van der Waals surface area contributed by atoms with Crippen molar-refractivity contribution in [3.05, 3.63) is 34.3 Å². The zero-order valence-electron chi connectivity index (χ0n) is 11.9. The summed E-state index contributed by atoms with van der Waals surface area (Å²) in [5.74, 6) is -1.97. The minimum atomic E-state index is -0.878. The van der Waals surface area contributed by atoms with Gasteiger partial charge in [0.1, 0.15) is 0 Å². The molecule has 0 spiro atoms. The molecule has 1 aliphatic rings. The Morgan fingerprint density at radius 1 is 1.27 bits per heavy atom. The van der Waals surface area contributed by atoms with E-state index < -0.39 is 11.9 Å². The lowest BCUT2D eigenvalue weighted by atomic mass is 9.98. The summed E-state index contributed by atoms with van der Waals surface area (Å²) < 4.78 is 0.869. The summed E-state index contributed by atoms with van der Waals surface area (Å²) in [5.41, 5.74) is 0.470. The van der Waals surface area contributed by atoms with Crippen molar-refractivity contribution in [3.63, 3.8) is 0 Å². The summed E-state index contributed by atoms with van der Waals surface area (Å²) in [7, 11) is 0. The molecule has 2 N–H and O–H groups in total. The third kappa shape index (κ3) is 4.30. The number of piperidine rings is 1. The Morgan fingerprint density at radius 3 is 2.59 bits per heavy atom. The topological polar surface area (TPSA) is 86.7 Å². The van der Waals surface area contributed by atoms with Crippen LogP contribution in [0.3, 0.4) is 0 Å². The molecule has 1 aromatic carbocycles. The second-order valence-electron chi connectivity index (χ2n) is 5.21. The van der Waals surface area contributed by atoms with E-state index in [4.69, 9.17) is 5.11 Å². The third-order valence-electron chi connectivity index (χ3n) is 3.63. The van der Waals surface area contributed by atoms with E-state index in [0.717, 1.165) is 4.47 Å². The van der Waals surface area contributed by atoms with Gasteiger partial charge in [0, 0.05) is 23.1 Å². The van der Waals surface area contributed by atoms with Crippen molar-refractivity contribution in [2.75, 3.05) is 19.6 Å². The fraction of sp³-hybridized carbons (Fsp3) is 0.400. The van der Waals surface area contributed by atoms with E-state index in [1.54, 1.807) is 24.3 Å². The van der Waals surface area contributed by atoms with Crippen LogP contribution in [0.15, 0.2) is 28.7 Å². The highest BCUT2D eigenvalue weighted by Crippen LogP contribution is 2.16. The quantitative estimate of drug-likeness (QED) is 0.842. The number of aliphatic carboxylic acids is 1. The monoisotopic (exact) mass is 368 g/mol. The van der Waals surface area contributed by atoms with E-state index in [1.165, 1.54) is 4.90 Å². The molecule has 7 heteroatoms. The second kappa shape index (κ2) is 7.40. The fourth-order valence-corrected chi connectivity index (χ4v) is 2.64. The Labute approximate surface area is 136 Å². The van der Waals surface area contributed by atoms with Crippen molar-refractivity contribution in [2.24, 2.45) is 5.92 Å². The van der Waals surface area contributed by atoms with Crippen LogP contribution in [0.1, 0.15) is 23.2 Å². The Morgan fingerprint density at radius 2 is 1.95 bits per heavy atom. The maximum absolute atomic E-state index is 12.1. The molecule has 1 unspecified atom stereocenters. The van der Waals surface area contributed by atoms with Crippen molar-refractivity contribution in [1.29, 1.82) is 0 Å². The molecule has 1 saturated heterocycles. The molecule has 0 aliphatic carbocycles. The van der Waals surface area contributed by atoms with Crippen molar-refractivity contribution < 1.29 is 19.5 Å². The van der Waals surface area contributed by atoms with Gasteiger partial charge in [-0.2, -0.15) is 0 Å². The van der Waals surface area contributed by atoms with Gasteiger partial charge in [0.25, 0.3) is 5.91 Å². The number of likely N-dealkylation sites (tertiary alicyclic amines) is 1. The number of nitrogens with one attached hydrogen (secondary N) is 1. The lowest BCUT2D eigenvalue weighted by molar-refractivity contribution is -0.145. The average Bonchev–Trinajstić information content (AvgIpc) is 2.53. The lowest BCUT2D eigenvalue weighted by Crippen LogP contribution is -2.46. The highest BCUT2D eigenvalue weighted by molar-refractivity contribution is 9.10. The van der Waals surface area contributed by atoms with Gasteiger partial charge in [0.05, 0.1) is 12.5 Å². The first kappa shape index (κ1) is 16.5. The van der Waals surface area contributed by atoms with Gasteiger partial charge in [0.2, 0.25) is 5.91 Å². The number of hydrogen-bond acceptors (Lipinski definition) is 3. The summed E-state index contributed by atoms with van der Waals surface area (Å²) >= 11 is 3.29. The number of hydrogen-bond donors (Lipinski definition) is 2. The molecule has 0 aromatic heterocycles. The Hall–Kier alpha value is -1.89. The number of carbonyl (C=O) groups excluding carboxylic acids is 2. The maximum Gasteiger partial charge on any atom is 0.308 e. The normalized spacial score (nSPS) is 17.9. The van der Waals surface area contributed by atoms with Gasteiger partial charge in [-0.25, -0.2) is 0 Å². The summed E-state index contributed by atoms with van der Waals surface area (Å²) in [6.45, 7) is 0.625. The van der Waals surface area contributed by atoms with E-state index in [-0.39, 0.29) is 24.9 Å². The van der Waals surface area contributed by atoms with Gasteiger partial charge >= 0.3 is 5.97 Å². The fourth-order valence-electron chi connectivity index (χ4n) is 2.38. The average molecular weight is 369 g/mol. The van der Waals surface area contributed by atoms with Crippen molar-refractivity contribution in [3.8, 4) is 0 Å². The molecule has 1 heterocycles. The summed E-state index contributed by atoms with van der Waals surface area (Å²) in [6, 6.07) is 6.81. The van der Waals surface area contributed by atoms with Crippen LogP contribution < -0.4 is 5.32 Å². The molecule has 1 atom stereocenters. The van der Waals surface area contributed by atoms with Crippen molar-refractivity contribution >= 4 is 33.7 Å². The summed E-state index contributed by atoms with van der Waals surface area (Å²) in [5, 5.41) is 11.6. The van der Waals surface area contributed by atoms with Crippen LogP contribution in [0, 0.1) is 5.92 Å². The molecule has 0 saturated carbocycles. The first-order chi connectivity index (χ1) is 10.5. The number of carbonyl (C=O) groups is 3. The number of amides is 2. The van der Waals surface area contributed by atoms with Crippen LogP contribution in [0.5, 0.6) is 0 Å². The van der Waals surface area contributed by atoms with Gasteiger partial charge in [0.15, 0.2) is 0 Å². The van der Waals surface area contributed by atoms with E-state index >= 15 is 0 Å². The standard InChI is InChI=1S/C15H17BrN2O4/c16-12-5-3-10(4-6-12)14(20)17-8-13(19)18-7-1-2-11(9-18)15(21)22/h3-6,11H,1-2,7-9H2,(H,17,20)(H,21,22). The SMILES string of the molecule is O=C(NCC(=O)N1CCCC(C(=O)O)C1)c1ccc(Br)cc1. The van der Waals surface area contributed by atoms with Crippen LogP contribution in [-0.4, -0.2) is 47.4 Å². The van der Waals surface area contributed by atoms with Gasteiger partial charge in [-0.15, -0.1) is 0 Å². The van der Waals surface area contributed by atoms with E-state index in [9.17, 15) is 14.4 Å². The summed E-state index contributed by atoms with van der Waals surface area (Å²) in [4.78, 5) is 36.5. The van der Waals surface area contributed by atoms with Crippen molar-refractivity contribution in [1.82, 2.24) is 10.2 Å². The number of carboxylic acids is 1. The third-order valence-corrected chi connectivity index (χ3v) is 4.16. The van der Waals surface area contributed by atoms with Crippen LogP contribution in [0.4, 0.5) is 0 Å². The maximum atomic E-state index is 12.1. The van der Waals surface area contributed by atoms with Gasteiger partial charge < -0.3 is 15.3 Å². The Kier molecular flexibility index (Phi) is 5.54.